The van der Waals surface area contributed by atoms with Gasteiger partial charge in [-0.3, -0.25) is 4.79 Å². The van der Waals surface area contributed by atoms with Gasteiger partial charge in [0.25, 0.3) is 0 Å². The molecule has 4 heteroatoms. The van der Waals surface area contributed by atoms with Crippen molar-refractivity contribution in [2.75, 3.05) is 0 Å². The van der Waals surface area contributed by atoms with E-state index in [1.165, 1.54) is 19.1 Å². The highest BCUT2D eigenvalue weighted by Gasteiger charge is 2.10. The maximum absolute atomic E-state index is 13.3. The molecule has 2 nitrogen and oxygen atoms in total. The lowest BCUT2D eigenvalue weighted by molar-refractivity contribution is -0.137. The molecule has 0 saturated carbocycles. The van der Waals surface area contributed by atoms with Crippen molar-refractivity contribution in [3.63, 3.8) is 0 Å². The fourth-order valence-electron chi connectivity index (χ4n) is 1.31. The highest BCUT2D eigenvalue weighted by Crippen LogP contribution is 2.17. The van der Waals surface area contributed by atoms with Gasteiger partial charge in [0.15, 0.2) is 11.6 Å². The van der Waals surface area contributed by atoms with E-state index in [4.69, 9.17) is 5.11 Å². The molecule has 1 aromatic rings. The van der Waals surface area contributed by atoms with Crippen molar-refractivity contribution in [2.45, 2.75) is 26.2 Å². The molecule has 0 aliphatic heterocycles. The topological polar surface area (TPSA) is 37.3 Å². The van der Waals surface area contributed by atoms with Crippen LogP contribution in [0.5, 0.6) is 0 Å². The summed E-state index contributed by atoms with van der Waals surface area (Å²) in [6.45, 7) is 1.49. The molecule has 1 aromatic carbocycles. The van der Waals surface area contributed by atoms with E-state index in [-0.39, 0.29) is 24.0 Å². The van der Waals surface area contributed by atoms with Crippen molar-refractivity contribution in [3.05, 3.63) is 34.9 Å². The minimum atomic E-state index is -0.928. The monoisotopic (exact) mass is 214 g/mol. The van der Waals surface area contributed by atoms with Gasteiger partial charge in [0.2, 0.25) is 0 Å². The lowest BCUT2D eigenvalue weighted by atomic mass is 10.1. The van der Waals surface area contributed by atoms with Gasteiger partial charge in [-0.15, -0.1) is 0 Å². The summed E-state index contributed by atoms with van der Waals surface area (Å²) in [7, 11) is 0. The van der Waals surface area contributed by atoms with E-state index >= 15 is 0 Å². The van der Waals surface area contributed by atoms with Gasteiger partial charge < -0.3 is 5.11 Å². The first-order valence-corrected chi connectivity index (χ1v) is 4.67. The number of hydrogen-bond acceptors (Lipinski definition) is 1. The van der Waals surface area contributed by atoms with Crippen LogP contribution in [0.2, 0.25) is 0 Å². The molecule has 0 amide bonds. The average Bonchev–Trinajstić information content (AvgIpc) is 2.18. The fraction of sp³-hybridized carbons (Fsp3) is 0.364. The molecule has 82 valence electrons. The first-order chi connectivity index (χ1) is 7.02. The Morgan fingerprint density at radius 1 is 1.33 bits per heavy atom. The number of halogens is 2. The minimum absolute atomic E-state index is 0.0328. The molecule has 0 spiro atoms. The number of carboxylic acids is 1. The molecule has 1 rings (SSSR count). The number of aliphatic carboxylic acids is 1. The second-order valence-corrected chi connectivity index (χ2v) is 3.42. The molecule has 0 bridgehead atoms. The highest BCUT2D eigenvalue weighted by molar-refractivity contribution is 5.66. The normalized spacial score (nSPS) is 10.3. The van der Waals surface area contributed by atoms with Gasteiger partial charge in [-0.2, -0.15) is 0 Å². The molecular weight excluding hydrogens is 202 g/mol. The van der Waals surface area contributed by atoms with Crippen molar-refractivity contribution < 1.29 is 18.7 Å². The van der Waals surface area contributed by atoms with Crippen molar-refractivity contribution in [1.82, 2.24) is 0 Å². The van der Waals surface area contributed by atoms with Crippen LogP contribution in [0.3, 0.4) is 0 Å². The van der Waals surface area contributed by atoms with Gasteiger partial charge in [-0.25, -0.2) is 8.78 Å². The Bertz CT molecular complexity index is 375. The van der Waals surface area contributed by atoms with Gasteiger partial charge in [-0.05, 0) is 30.9 Å². The summed E-state index contributed by atoms with van der Waals surface area (Å²) in [6.07, 6.45) is 0.527. The van der Waals surface area contributed by atoms with E-state index in [2.05, 4.69) is 0 Å². The van der Waals surface area contributed by atoms with Crippen molar-refractivity contribution >= 4 is 5.97 Å². The quantitative estimate of drug-likeness (QED) is 0.836. The molecule has 0 atom stereocenters. The summed E-state index contributed by atoms with van der Waals surface area (Å²) in [4.78, 5) is 10.2. The zero-order valence-electron chi connectivity index (χ0n) is 8.39. The summed E-state index contributed by atoms with van der Waals surface area (Å²) in [5, 5.41) is 8.39. The second kappa shape index (κ2) is 4.87. The minimum Gasteiger partial charge on any atom is -0.481 e. The molecule has 0 saturated heterocycles. The van der Waals surface area contributed by atoms with Crippen molar-refractivity contribution in [3.8, 4) is 0 Å². The Hall–Kier alpha value is -1.45. The standard InChI is InChI=1S/C11H12F2O2/c1-7-5-6-8(11(13)10(7)12)3-2-4-9(14)15/h5-6H,2-4H2,1H3,(H,14,15). The Morgan fingerprint density at radius 3 is 2.60 bits per heavy atom. The zero-order chi connectivity index (χ0) is 11.4. The number of aryl methyl sites for hydroxylation is 2. The van der Waals surface area contributed by atoms with Gasteiger partial charge >= 0.3 is 5.97 Å². The summed E-state index contributed by atoms with van der Waals surface area (Å²) < 4.78 is 26.4. The maximum Gasteiger partial charge on any atom is 0.303 e. The molecule has 0 radical (unpaired) electrons. The molecule has 0 aromatic heterocycles. The van der Waals surface area contributed by atoms with Gasteiger partial charge in [0.05, 0.1) is 0 Å². The van der Waals surface area contributed by atoms with Crippen LogP contribution in [-0.4, -0.2) is 11.1 Å². The average molecular weight is 214 g/mol. The van der Waals surface area contributed by atoms with E-state index in [1.807, 2.05) is 0 Å². The van der Waals surface area contributed by atoms with E-state index in [9.17, 15) is 13.6 Å². The van der Waals surface area contributed by atoms with Crippen LogP contribution in [0.1, 0.15) is 24.0 Å². The second-order valence-electron chi connectivity index (χ2n) is 3.42. The lowest BCUT2D eigenvalue weighted by Crippen LogP contribution is -2.00. The third kappa shape index (κ3) is 3.01. The van der Waals surface area contributed by atoms with E-state index in [0.717, 1.165) is 0 Å². The van der Waals surface area contributed by atoms with E-state index in [0.29, 0.717) is 6.42 Å². The molecule has 0 aliphatic rings. The summed E-state index contributed by atoms with van der Waals surface area (Å²) >= 11 is 0. The van der Waals surface area contributed by atoms with Crippen LogP contribution in [0.15, 0.2) is 12.1 Å². The Labute approximate surface area is 86.5 Å². The third-order valence-electron chi connectivity index (χ3n) is 2.19. The molecule has 0 heterocycles. The van der Waals surface area contributed by atoms with Gasteiger partial charge in [0, 0.05) is 6.42 Å². The SMILES string of the molecule is Cc1ccc(CCCC(=O)O)c(F)c1F. The number of benzene rings is 1. The molecule has 1 N–H and O–H groups in total. The van der Waals surface area contributed by atoms with Crippen LogP contribution < -0.4 is 0 Å². The predicted molar refractivity (Wildman–Crippen MR) is 51.7 cm³/mol. The zero-order valence-corrected chi connectivity index (χ0v) is 8.39. The molecule has 0 fully saturated rings. The van der Waals surface area contributed by atoms with Crippen LogP contribution in [0.4, 0.5) is 8.78 Å². The molecule has 15 heavy (non-hydrogen) atoms. The largest absolute Gasteiger partial charge is 0.481 e. The Balaban J connectivity index is 2.70. The summed E-state index contributed by atoms with van der Waals surface area (Å²) in [5.41, 5.74) is 0.494. The van der Waals surface area contributed by atoms with E-state index in [1.54, 1.807) is 0 Å². The van der Waals surface area contributed by atoms with Crippen LogP contribution in [-0.2, 0) is 11.2 Å². The maximum atomic E-state index is 13.3. The number of hydrogen-bond donors (Lipinski definition) is 1. The molecular formula is C11H12F2O2. The fourth-order valence-corrected chi connectivity index (χ4v) is 1.31. The smallest absolute Gasteiger partial charge is 0.303 e. The Kier molecular flexibility index (Phi) is 3.77. The third-order valence-corrected chi connectivity index (χ3v) is 2.19. The Morgan fingerprint density at radius 2 is 2.00 bits per heavy atom. The lowest BCUT2D eigenvalue weighted by Gasteiger charge is -2.04. The van der Waals surface area contributed by atoms with Crippen LogP contribution in [0.25, 0.3) is 0 Å². The summed E-state index contributed by atoms with van der Waals surface area (Å²) in [5.74, 6) is -2.63. The first kappa shape index (κ1) is 11.6. The van der Waals surface area contributed by atoms with Crippen molar-refractivity contribution in [2.24, 2.45) is 0 Å². The molecule has 0 unspecified atom stereocenters. The van der Waals surface area contributed by atoms with Crippen molar-refractivity contribution in [1.29, 1.82) is 0 Å². The van der Waals surface area contributed by atoms with Crippen LogP contribution >= 0.6 is 0 Å². The highest BCUT2D eigenvalue weighted by atomic mass is 19.2. The summed E-state index contributed by atoms with van der Waals surface area (Å²) in [6, 6.07) is 2.99. The van der Waals surface area contributed by atoms with Crippen LogP contribution in [0, 0.1) is 18.6 Å². The predicted octanol–water partition coefficient (Wildman–Crippen LogP) is 2.68. The van der Waals surface area contributed by atoms with Gasteiger partial charge in [0.1, 0.15) is 0 Å². The number of carbonyl (C=O) groups is 1. The number of carboxylic acid groups (broad SMARTS) is 1. The first-order valence-electron chi connectivity index (χ1n) is 4.67. The number of rotatable bonds is 4. The molecule has 0 aliphatic carbocycles. The van der Waals surface area contributed by atoms with Gasteiger partial charge in [-0.1, -0.05) is 12.1 Å². The van der Waals surface area contributed by atoms with E-state index < -0.39 is 17.6 Å².